The normalized spacial score (nSPS) is 17.7. The third kappa shape index (κ3) is 5.62. The van der Waals surface area contributed by atoms with Gasteiger partial charge in [0.2, 0.25) is 5.91 Å². The third-order valence-electron chi connectivity index (χ3n) is 3.74. The van der Waals surface area contributed by atoms with Gasteiger partial charge >= 0.3 is 5.63 Å². The molecule has 1 aromatic rings. The Kier molecular flexibility index (Phi) is 7.49. The molecule has 0 saturated carbocycles. The average Bonchev–Trinajstić information content (AvgIpc) is 3.15. The first-order valence-electron chi connectivity index (χ1n) is 8.39. The van der Waals surface area contributed by atoms with Crippen LogP contribution in [0.4, 0.5) is 0 Å². The summed E-state index contributed by atoms with van der Waals surface area (Å²) in [5.74, 6) is 3.07. The maximum Gasteiger partial charge on any atom is 0.339 e. The van der Waals surface area contributed by atoms with Crippen molar-refractivity contribution in [3.63, 3.8) is 0 Å². The topological polar surface area (TPSA) is 113 Å². The Morgan fingerprint density at radius 2 is 2.41 bits per heavy atom. The lowest BCUT2D eigenvalue weighted by molar-refractivity contribution is -0.122. The Balaban J connectivity index is 2.17. The van der Waals surface area contributed by atoms with Gasteiger partial charge in [0, 0.05) is 11.8 Å². The van der Waals surface area contributed by atoms with Gasteiger partial charge in [0.15, 0.2) is 0 Å². The van der Waals surface area contributed by atoms with Crippen LogP contribution < -0.4 is 15.7 Å². The number of nitrogens with zero attached hydrogens (tertiary/aromatic N) is 2. The molecular weight excluding hydrogens is 370 g/mol. The zero-order valence-electron chi connectivity index (χ0n) is 15.1. The lowest BCUT2D eigenvalue weighted by atomic mass is 10.1. The molecule has 9 heteroatoms. The summed E-state index contributed by atoms with van der Waals surface area (Å²) >= 11 is 1.35. The van der Waals surface area contributed by atoms with Gasteiger partial charge in [-0.1, -0.05) is 24.4 Å². The van der Waals surface area contributed by atoms with Crippen molar-refractivity contribution >= 4 is 28.4 Å². The molecule has 2 rings (SSSR count). The number of amides is 1. The SMILES string of the molecule is C#CCOc1cc(C(CCC)NC(=O)C2CSC(/C(C)=N/O)=N2)oc(=O)c1. The van der Waals surface area contributed by atoms with Gasteiger partial charge in [-0.05, 0) is 13.3 Å². The van der Waals surface area contributed by atoms with Crippen molar-refractivity contribution in [1.29, 1.82) is 0 Å². The highest BCUT2D eigenvalue weighted by Crippen LogP contribution is 2.24. The second-order valence-corrected chi connectivity index (χ2v) is 6.81. The van der Waals surface area contributed by atoms with E-state index in [0.717, 1.165) is 6.42 Å². The largest absolute Gasteiger partial charge is 0.481 e. The maximum atomic E-state index is 12.6. The number of hydrogen-bond acceptors (Lipinski definition) is 8. The quantitative estimate of drug-likeness (QED) is 0.303. The van der Waals surface area contributed by atoms with Crippen molar-refractivity contribution in [2.45, 2.75) is 38.8 Å². The second kappa shape index (κ2) is 9.83. The first kappa shape index (κ1) is 20.6. The number of aliphatic imine (C=N–C) groups is 1. The van der Waals surface area contributed by atoms with Crippen molar-refractivity contribution in [3.05, 3.63) is 28.3 Å². The van der Waals surface area contributed by atoms with Crippen molar-refractivity contribution in [1.82, 2.24) is 5.32 Å². The van der Waals surface area contributed by atoms with Crippen LogP contribution in [0.1, 0.15) is 38.5 Å². The van der Waals surface area contributed by atoms with E-state index in [2.05, 4.69) is 21.4 Å². The summed E-state index contributed by atoms with van der Waals surface area (Å²) in [6.45, 7) is 3.59. The molecule has 27 heavy (non-hydrogen) atoms. The summed E-state index contributed by atoms with van der Waals surface area (Å²) in [5.41, 5.74) is -0.217. The zero-order valence-corrected chi connectivity index (χ0v) is 15.9. The molecule has 2 atom stereocenters. The van der Waals surface area contributed by atoms with Gasteiger partial charge in [-0.15, -0.1) is 18.2 Å². The van der Waals surface area contributed by atoms with Gasteiger partial charge in [0.25, 0.3) is 0 Å². The van der Waals surface area contributed by atoms with E-state index in [0.29, 0.717) is 34.4 Å². The molecule has 0 aliphatic carbocycles. The predicted molar refractivity (Wildman–Crippen MR) is 104 cm³/mol. The van der Waals surface area contributed by atoms with Crippen molar-refractivity contribution in [3.8, 4) is 18.1 Å². The summed E-state index contributed by atoms with van der Waals surface area (Å²) < 4.78 is 10.5. The lowest BCUT2D eigenvalue weighted by Gasteiger charge is -2.19. The molecule has 2 heterocycles. The molecule has 0 spiro atoms. The van der Waals surface area contributed by atoms with Gasteiger partial charge in [-0.3, -0.25) is 9.79 Å². The maximum absolute atomic E-state index is 12.6. The number of rotatable bonds is 8. The molecule has 1 aliphatic heterocycles. The molecule has 0 fully saturated rings. The van der Waals surface area contributed by atoms with Crippen LogP contribution in [0.25, 0.3) is 0 Å². The van der Waals surface area contributed by atoms with Gasteiger partial charge in [-0.25, -0.2) is 4.79 Å². The minimum atomic E-state index is -0.603. The van der Waals surface area contributed by atoms with E-state index in [1.165, 1.54) is 17.8 Å². The molecule has 0 aromatic carbocycles. The van der Waals surface area contributed by atoms with E-state index in [1.54, 1.807) is 13.0 Å². The second-order valence-electron chi connectivity index (χ2n) is 5.80. The smallest absolute Gasteiger partial charge is 0.339 e. The number of carbonyl (C=O) groups is 1. The fraction of sp³-hybridized carbons (Fsp3) is 0.444. The fourth-order valence-corrected chi connectivity index (χ4v) is 3.44. The molecule has 1 amide bonds. The van der Waals surface area contributed by atoms with Crippen LogP contribution in [-0.2, 0) is 4.79 Å². The number of hydrogen-bond donors (Lipinski definition) is 2. The highest BCUT2D eigenvalue weighted by molar-refractivity contribution is 8.16. The lowest BCUT2D eigenvalue weighted by Crippen LogP contribution is -2.37. The monoisotopic (exact) mass is 391 g/mol. The Bertz CT molecular complexity index is 840. The molecule has 144 valence electrons. The zero-order chi connectivity index (χ0) is 19.8. The summed E-state index contributed by atoms with van der Waals surface area (Å²) in [6.07, 6.45) is 6.49. The van der Waals surface area contributed by atoms with Crippen LogP contribution in [0.3, 0.4) is 0 Å². The molecule has 0 radical (unpaired) electrons. The van der Waals surface area contributed by atoms with E-state index in [9.17, 15) is 9.59 Å². The van der Waals surface area contributed by atoms with Gasteiger partial charge < -0.3 is 19.7 Å². The number of ether oxygens (including phenoxy) is 1. The molecule has 0 bridgehead atoms. The molecular formula is C18H21N3O5S. The van der Waals surface area contributed by atoms with E-state index in [-0.39, 0.29) is 12.5 Å². The molecule has 8 nitrogen and oxygen atoms in total. The molecule has 0 saturated heterocycles. The van der Waals surface area contributed by atoms with E-state index >= 15 is 0 Å². The summed E-state index contributed by atoms with van der Waals surface area (Å²) in [6, 6.07) is 1.66. The van der Waals surface area contributed by atoms with Crippen LogP contribution in [-0.4, -0.2) is 40.3 Å². The predicted octanol–water partition coefficient (Wildman–Crippen LogP) is 1.97. The van der Waals surface area contributed by atoms with Crippen molar-refractivity contribution < 1.29 is 19.2 Å². The molecule has 2 unspecified atom stereocenters. The van der Waals surface area contributed by atoms with Crippen LogP contribution in [0.15, 0.2) is 31.5 Å². The van der Waals surface area contributed by atoms with Gasteiger partial charge in [0.05, 0.1) is 12.1 Å². The summed E-state index contributed by atoms with van der Waals surface area (Å²) in [4.78, 5) is 28.7. The number of terminal acetylenes is 1. The standard InChI is InChI=1S/C18H21N3O5S/c1-4-6-13(15-8-12(25-7-5-2)9-16(22)26-15)19-17(23)14-10-27-18(20-14)11(3)21-24/h2,8-9,13-14,24H,4,6-7,10H2,1,3H3,(H,19,23)/b21-11+. The highest BCUT2D eigenvalue weighted by Gasteiger charge is 2.29. The number of oxime groups is 1. The first-order valence-corrected chi connectivity index (χ1v) is 9.38. The Morgan fingerprint density at radius 1 is 1.63 bits per heavy atom. The third-order valence-corrected chi connectivity index (χ3v) is 4.89. The summed E-state index contributed by atoms with van der Waals surface area (Å²) in [5, 5.41) is 15.3. The van der Waals surface area contributed by atoms with Crippen LogP contribution in [0.2, 0.25) is 0 Å². The van der Waals surface area contributed by atoms with Gasteiger partial charge in [-0.2, -0.15) is 0 Å². The summed E-state index contributed by atoms with van der Waals surface area (Å²) in [7, 11) is 0. The van der Waals surface area contributed by atoms with E-state index in [4.69, 9.17) is 20.8 Å². The Morgan fingerprint density at radius 3 is 3.07 bits per heavy atom. The molecule has 2 N–H and O–H groups in total. The Labute approximate surface area is 161 Å². The van der Waals surface area contributed by atoms with Crippen molar-refractivity contribution in [2.24, 2.45) is 10.1 Å². The number of thioether (sulfide) groups is 1. The average molecular weight is 391 g/mol. The van der Waals surface area contributed by atoms with E-state index < -0.39 is 17.7 Å². The highest BCUT2D eigenvalue weighted by atomic mass is 32.2. The Hall–Kier alpha value is -2.73. The van der Waals surface area contributed by atoms with Crippen molar-refractivity contribution in [2.75, 3.05) is 12.4 Å². The van der Waals surface area contributed by atoms with Crippen LogP contribution >= 0.6 is 11.8 Å². The number of nitrogens with one attached hydrogen (secondary N) is 1. The molecule has 1 aromatic heterocycles. The van der Waals surface area contributed by atoms with Gasteiger partial charge in [0.1, 0.15) is 34.9 Å². The first-order chi connectivity index (χ1) is 13.0. The molecule has 1 aliphatic rings. The fourth-order valence-electron chi connectivity index (χ4n) is 2.44. The van der Waals surface area contributed by atoms with Crippen LogP contribution in [0, 0.1) is 12.3 Å². The van der Waals surface area contributed by atoms with E-state index in [1.807, 2.05) is 6.92 Å². The van der Waals surface area contributed by atoms with Crippen LogP contribution in [0.5, 0.6) is 5.75 Å². The minimum absolute atomic E-state index is 0.0241. The minimum Gasteiger partial charge on any atom is -0.481 e. The number of carbonyl (C=O) groups excluding carboxylic acids is 1.